The number of hydrogen-bond acceptors (Lipinski definition) is 5. The van der Waals surface area contributed by atoms with E-state index in [1.165, 1.54) is 6.07 Å². The largest absolute Gasteiger partial charge is 0.406 e. The van der Waals surface area contributed by atoms with Crippen LogP contribution in [0.25, 0.3) is 0 Å². The first-order valence-corrected chi connectivity index (χ1v) is 5.33. The molecule has 0 fully saturated rings. The molecule has 0 aliphatic rings. The highest BCUT2D eigenvalue weighted by Crippen LogP contribution is 2.13. The van der Waals surface area contributed by atoms with Crippen LogP contribution in [-0.4, -0.2) is 10.2 Å². The fourth-order valence-electron chi connectivity index (χ4n) is 1.32. The summed E-state index contributed by atoms with van der Waals surface area (Å²) in [6.45, 7) is 1.96. The number of nitrogens with zero attached hydrogens (tertiary/aromatic N) is 2. The molecule has 0 aliphatic carbocycles. The van der Waals surface area contributed by atoms with Crippen LogP contribution < -0.4 is 11.1 Å². The Morgan fingerprint density at radius 3 is 2.72 bits per heavy atom. The highest BCUT2D eigenvalue weighted by molar-refractivity contribution is 5.24. The van der Waals surface area contributed by atoms with E-state index in [9.17, 15) is 8.78 Å². The van der Waals surface area contributed by atoms with Gasteiger partial charge in [-0.15, -0.1) is 5.10 Å². The predicted molar refractivity (Wildman–Crippen MR) is 60.6 cm³/mol. The van der Waals surface area contributed by atoms with E-state index in [-0.39, 0.29) is 18.6 Å². The topological polar surface area (TPSA) is 77.0 Å². The van der Waals surface area contributed by atoms with E-state index in [1.807, 2.05) is 0 Å². The van der Waals surface area contributed by atoms with Crippen molar-refractivity contribution >= 4 is 6.01 Å². The van der Waals surface area contributed by atoms with Crippen LogP contribution in [0.2, 0.25) is 0 Å². The Kier molecular flexibility index (Phi) is 3.52. The molecular formula is C11H12F2N4O. The highest BCUT2D eigenvalue weighted by atomic mass is 19.2. The van der Waals surface area contributed by atoms with Gasteiger partial charge in [0.05, 0.1) is 6.04 Å². The minimum absolute atomic E-state index is 0.187. The van der Waals surface area contributed by atoms with Crippen LogP contribution >= 0.6 is 0 Å². The van der Waals surface area contributed by atoms with Crippen molar-refractivity contribution in [1.82, 2.24) is 10.2 Å². The van der Waals surface area contributed by atoms with Crippen LogP contribution in [0, 0.1) is 11.6 Å². The molecule has 0 saturated heterocycles. The normalized spacial score (nSPS) is 12.4. The first-order chi connectivity index (χ1) is 8.56. The zero-order chi connectivity index (χ0) is 13.1. The number of halogens is 2. The maximum absolute atomic E-state index is 12.9. The van der Waals surface area contributed by atoms with Gasteiger partial charge in [-0.25, -0.2) is 8.78 Å². The van der Waals surface area contributed by atoms with Gasteiger partial charge < -0.3 is 15.5 Å². The molecule has 1 atom stereocenters. The monoisotopic (exact) mass is 254 g/mol. The van der Waals surface area contributed by atoms with Gasteiger partial charge in [0.2, 0.25) is 5.89 Å². The number of aromatic nitrogens is 2. The average Bonchev–Trinajstić information content (AvgIpc) is 2.79. The molecule has 1 aromatic heterocycles. The molecule has 2 aromatic rings. The van der Waals surface area contributed by atoms with Crippen LogP contribution in [0.3, 0.4) is 0 Å². The Labute approximate surface area is 102 Å². The molecule has 0 radical (unpaired) electrons. The molecular weight excluding hydrogens is 242 g/mol. The summed E-state index contributed by atoms with van der Waals surface area (Å²) in [6.07, 6.45) is 0. The van der Waals surface area contributed by atoms with Gasteiger partial charge in [-0.05, 0) is 24.6 Å². The minimum Gasteiger partial charge on any atom is -0.406 e. The molecule has 0 bridgehead atoms. The van der Waals surface area contributed by atoms with Crippen LogP contribution in [0.1, 0.15) is 24.4 Å². The number of hydrogen-bond donors (Lipinski definition) is 2. The highest BCUT2D eigenvalue weighted by Gasteiger charge is 2.09. The van der Waals surface area contributed by atoms with Crippen LogP contribution in [0.4, 0.5) is 14.8 Å². The number of rotatable bonds is 4. The third-order valence-corrected chi connectivity index (χ3v) is 2.26. The van der Waals surface area contributed by atoms with Crippen LogP contribution in [0.15, 0.2) is 22.6 Å². The van der Waals surface area contributed by atoms with Gasteiger partial charge in [-0.2, -0.15) is 0 Å². The van der Waals surface area contributed by atoms with Gasteiger partial charge >= 0.3 is 6.01 Å². The molecule has 7 heteroatoms. The Bertz CT molecular complexity index is 542. The van der Waals surface area contributed by atoms with E-state index in [2.05, 4.69) is 15.5 Å². The Morgan fingerprint density at radius 2 is 2.11 bits per heavy atom. The summed E-state index contributed by atoms with van der Waals surface area (Å²) in [5.74, 6) is -1.46. The minimum atomic E-state index is -0.893. The second kappa shape index (κ2) is 5.09. The van der Waals surface area contributed by atoms with E-state index in [4.69, 9.17) is 10.2 Å². The van der Waals surface area contributed by atoms with Crippen molar-refractivity contribution < 1.29 is 13.2 Å². The third-order valence-electron chi connectivity index (χ3n) is 2.26. The van der Waals surface area contributed by atoms with Gasteiger partial charge in [-0.3, -0.25) is 0 Å². The summed E-state index contributed by atoms with van der Waals surface area (Å²) >= 11 is 0. The van der Waals surface area contributed by atoms with E-state index in [1.54, 1.807) is 6.92 Å². The van der Waals surface area contributed by atoms with Crippen LogP contribution in [0.5, 0.6) is 0 Å². The van der Waals surface area contributed by atoms with Crippen molar-refractivity contribution in [2.24, 2.45) is 5.73 Å². The zero-order valence-electron chi connectivity index (χ0n) is 9.65. The summed E-state index contributed by atoms with van der Waals surface area (Å²) < 4.78 is 30.8. The molecule has 0 saturated carbocycles. The summed E-state index contributed by atoms with van der Waals surface area (Å²) in [5, 5.41) is 10.2. The number of benzene rings is 1. The van der Waals surface area contributed by atoms with Crippen molar-refractivity contribution in [2.45, 2.75) is 19.5 Å². The van der Waals surface area contributed by atoms with Crippen molar-refractivity contribution in [3.63, 3.8) is 0 Å². The van der Waals surface area contributed by atoms with Gasteiger partial charge in [0.25, 0.3) is 0 Å². The van der Waals surface area contributed by atoms with Crippen LogP contribution in [-0.2, 0) is 6.54 Å². The fourth-order valence-corrected chi connectivity index (χ4v) is 1.32. The standard InChI is InChI=1S/C11H12F2N4O/c1-6(14)10-16-17-11(18-10)15-5-7-2-3-8(12)9(13)4-7/h2-4,6H,5,14H2,1H3,(H,15,17). The van der Waals surface area contributed by atoms with E-state index >= 15 is 0 Å². The Morgan fingerprint density at radius 1 is 1.33 bits per heavy atom. The van der Waals surface area contributed by atoms with Gasteiger partial charge in [0.1, 0.15) is 0 Å². The molecule has 96 valence electrons. The third kappa shape index (κ3) is 2.80. The molecule has 0 spiro atoms. The van der Waals surface area contributed by atoms with Crippen molar-refractivity contribution in [3.05, 3.63) is 41.3 Å². The van der Waals surface area contributed by atoms with E-state index in [0.717, 1.165) is 12.1 Å². The van der Waals surface area contributed by atoms with Crippen molar-refractivity contribution in [3.8, 4) is 0 Å². The smallest absolute Gasteiger partial charge is 0.315 e. The van der Waals surface area contributed by atoms with Gasteiger partial charge in [-0.1, -0.05) is 11.2 Å². The SMILES string of the molecule is CC(N)c1nnc(NCc2ccc(F)c(F)c2)o1. The van der Waals surface area contributed by atoms with E-state index in [0.29, 0.717) is 11.5 Å². The number of nitrogens with one attached hydrogen (secondary N) is 1. The molecule has 0 aliphatic heterocycles. The number of nitrogens with two attached hydrogens (primary N) is 1. The summed E-state index contributed by atoms with van der Waals surface area (Å²) in [7, 11) is 0. The summed E-state index contributed by atoms with van der Waals surface area (Å²) in [6, 6.07) is 3.47. The lowest BCUT2D eigenvalue weighted by molar-refractivity contribution is 0.472. The lowest BCUT2D eigenvalue weighted by Crippen LogP contribution is -2.04. The first kappa shape index (κ1) is 12.4. The fraction of sp³-hybridized carbons (Fsp3) is 0.273. The Balaban J connectivity index is 2.00. The molecule has 0 amide bonds. The summed E-state index contributed by atoms with van der Waals surface area (Å²) in [4.78, 5) is 0. The molecule has 1 heterocycles. The number of anilines is 1. The lowest BCUT2D eigenvalue weighted by atomic mass is 10.2. The second-order valence-electron chi connectivity index (χ2n) is 3.84. The quantitative estimate of drug-likeness (QED) is 0.872. The second-order valence-corrected chi connectivity index (χ2v) is 3.84. The molecule has 1 unspecified atom stereocenters. The molecule has 18 heavy (non-hydrogen) atoms. The maximum Gasteiger partial charge on any atom is 0.315 e. The molecule has 2 rings (SSSR count). The van der Waals surface area contributed by atoms with Gasteiger partial charge in [0, 0.05) is 6.54 Å². The lowest BCUT2D eigenvalue weighted by Gasteiger charge is -2.02. The maximum atomic E-state index is 12.9. The van der Waals surface area contributed by atoms with Gasteiger partial charge in [0.15, 0.2) is 11.6 Å². The Hall–Kier alpha value is -2.02. The molecule has 5 nitrogen and oxygen atoms in total. The van der Waals surface area contributed by atoms with Crippen molar-refractivity contribution in [2.75, 3.05) is 5.32 Å². The van der Waals surface area contributed by atoms with Crippen molar-refractivity contribution in [1.29, 1.82) is 0 Å². The summed E-state index contributed by atoms with van der Waals surface area (Å²) in [5.41, 5.74) is 6.12. The zero-order valence-corrected chi connectivity index (χ0v) is 9.65. The predicted octanol–water partition coefficient (Wildman–Crippen LogP) is 1.98. The molecule has 3 N–H and O–H groups in total. The average molecular weight is 254 g/mol. The first-order valence-electron chi connectivity index (χ1n) is 5.33. The molecule has 1 aromatic carbocycles. The van der Waals surface area contributed by atoms with E-state index < -0.39 is 11.6 Å².